The molecule has 5 rings (SSSR count). The van der Waals surface area contributed by atoms with Crippen LogP contribution in [0.15, 0.2) is 36.7 Å². The molecule has 2 unspecified atom stereocenters. The van der Waals surface area contributed by atoms with Gasteiger partial charge >= 0.3 is 0 Å². The summed E-state index contributed by atoms with van der Waals surface area (Å²) in [4.78, 5) is 38.6. The summed E-state index contributed by atoms with van der Waals surface area (Å²) in [6.45, 7) is 4.68. The van der Waals surface area contributed by atoms with Gasteiger partial charge in [0.15, 0.2) is 0 Å². The molecule has 1 aromatic carbocycles. The number of benzene rings is 1. The number of β-amino-alcohol motifs (C(OH)–C–C–N with tert-alkyl or cyclic N) is 1. The third kappa shape index (κ3) is 4.96. The van der Waals surface area contributed by atoms with E-state index < -0.39 is 6.10 Å². The van der Waals surface area contributed by atoms with Gasteiger partial charge in [0.05, 0.1) is 18.7 Å². The van der Waals surface area contributed by atoms with Crippen LogP contribution in [0.25, 0.3) is 0 Å². The van der Waals surface area contributed by atoms with E-state index in [2.05, 4.69) is 49.4 Å². The molecule has 34 heavy (non-hydrogen) atoms. The van der Waals surface area contributed by atoms with Crippen LogP contribution in [-0.4, -0.2) is 99.4 Å². The van der Waals surface area contributed by atoms with Gasteiger partial charge in [0, 0.05) is 51.4 Å². The summed E-state index contributed by atoms with van der Waals surface area (Å²) >= 11 is 0. The number of hydrogen-bond acceptors (Lipinski definition) is 8. The van der Waals surface area contributed by atoms with Crippen LogP contribution in [-0.2, 0) is 17.8 Å². The van der Waals surface area contributed by atoms with Gasteiger partial charge in [-0.3, -0.25) is 14.6 Å². The van der Waals surface area contributed by atoms with Crippen LogP contribution in [0.2, 0.25) is 0 Å². The number of aliphatic hydroxyl groups is 1. The summed E-state index contributed by atoms with van der Waals surface area (Å²) in [5.74, 6) is 0.460. The molecule has 2 atom stereocenters. The first-order valence-electron chi connectivity index (χ1n) is 12.1. The molecule has 9 heteroatoms. The maximum Gasteiger partial charge on any atom is 0.272 e. The number of anilines is 1. The molecule has 2 aromatic rings. The van der Waals surface area contributed by atoms with Gasteiger partial charge in [-0.15, -0.1) is 0 Å². The van der Waals surface area contributed by atoms with E-state index in [9.17, 15) is 14.7 Å². The average Bonchev–Trinajstić information content (AvgIpc) is 3.26. The Bertz CT molecular complexity index is 1030. The van der Waals surface area contributed by atoms with Crippen molar-refractivity contribution in [1.29, 1.82) is 0 Å². The number of rotatable bonds is 6. The Morgan fingerprint density at radius 3 is 2.71 bits per heavy atom. The predicted octanol–water partition coefficient (Wildman–Crippen LogP) is 0.795. The van der Waals surface area contributed by atoms with Crippen LogP contribution in [0.3, 0.4) is 0 Å². The highest BCUT2D eigenvalue weighted by Gasteiger charge is 2.39. The van der Waals surface area contributed by atoms with E-state index in [0.717, 1.165) is 51.7 Å². The average molecular weight is 465 g/mol. The van der Waals surface area contributed by atoms with Crippen LogP contribution in [0, 0.1) is 0 Å². The maximum atomic E-state index is 13.2. The molecule has 2 fully saturated rings. The van der Waals surface area contributed by atoms with Crippen molar-refractivity contribution < 1.29 is 14.7 Å². The van der Waals surface area contributed by atoms with Crippen LogP contribution in [0.1, 0.15) is 34.5 Å². The molecule has 9 nitrogen and oxygen atoms in total. The molecule has 3 aliphatic rings. The Morgan fingerprint density at radius 2 is 1.91 bits per heavy atom. The van der Waals surface area contributed by atoms with Gasteiger partial charge < -0.3 is 20.1 Å². The van der Waals surface area contributed by atoms with Crippen LogP contribution in [0.5, 0.6) is 0 Å². The first kappa shape index (κ1) is 22.9. The smallest absolute Gasteiger partial charge is 0.272 e. The van der Waals surface area contributed by atoms with Gasteiger partial charge in [0.1, 0.15) is 24.1 Å². The molecule has 1 aromatic heterocycles. The van der Waals surface area contributed by atoms with Crippen molar-refractivity contribution in [3.05, 3.63) is 53.5 Å². The second-order valence-corrected chi connectivity index (χ2v) is 9.51. The zero-order valence-corrected chi connectivity index (χ0v) is 19.3. The van der Waals surface area contributed by atoms with E-state index in [1.807, 2.05) is 0 Å². The summed E-state index contributed by atoms with van der Waals surface area (Å²) in [6, 6.07) is 10.3. The minimum Gasteiger partial charge on any atom is -0.390 e. The summed E-state index contributed by atoms with van der Waals surface area (Å²) < 4.78 is 0. The fourth-order valence-electron chi connectivity index (χ4n) is 5.38. The van der Waals surface area contributed by atoms with Crippen molar-refractivity contribution in [3.8, 4) is 0 Å². The van der Waals surface area contributed by atoms with Crippen LogP contribution in [0.4, 0.5) is 5.82 Å². The van der Waals surface area contributed by atoms with E-state index in [1.165, 1.54) is 17.5 Å². The molecule has 2 N–H and O–H groups in total. The Hall–Kier alpha value is -2.88. The van der Waals surface area contributed by atoms with E-state index >= 15 is 0 Å². The van der Waals surface area contributed by atoms with Crippen molar-refractivity contribution in [2.75, 3.05) is 44.6 Å². The number of aliphatic hydroxyl groups excluding tert-OH is 1. The molecular formula is C25H32N6O3. The lowest BCUT2D eigenvalue weighted by Gasteiger charge is -2.34. The number of hydrogen-bond donors (Lipinski definition) is 2. The third-order valence-corrected chi connectivity index (χ3v) is 7.33. The third-order valence-electron chi connectivity index (χ3n) is 7.33. The molecule has 0 aliphatic carbocycles. The molecule has 4 heterocycles. The molecule has 0 spiro atoms. The summed E-state index contributed by atoms with van der Waals surface area (Å²) in [5, 5.41) is 14.2. The fraction of sp³-hybridized carbons (Fsp3) is 0.520. The Kier molecular flexibility index (Phi) is 6.85. The van der Waals surface area contributed by atoms with Crippen LogP contribution < -0.4 is 5.32 Å². The second kappa shape index (κ2) is 10.2. The zero-order chi connectivity index (χ0) is 23.5. The van der Waals surface area contributed by atoms with Crippen molar-refractivity contribution in [1.82, 2.24) is 24.7 Å². The number of fused-ring (bicyclic) bond motifs is 1. The molecule has 0 radical (unpaired) electrons. The summed E-state index contributed by atoms with van der Waals surface area (Å²) in [6.07, 6.45) is 4.58. The minimum atomic E-state index is -0.579. The molecule has 3 aliphatic heterocycles. The Labute approximate surface area is 199 Å². The molecule has 0 bridgehead atoms. The number of nitrogens with one attached hydrogen (secondary N) is 1. The Balaban J connectivity index is 1.19. The summed E-state index contributed by atoms with van der Waals surface area (Å²) in [7, 11) is 0. The molecular weight excluding hydrogens is 432 g/mol. The number of amides is 1. The normalized spacial score (nSPS) is 24.1. The first-order chi connectivity index (χ1) is 16.6. The number of carbonyl (C=O) groups excluding carboxylic acids is 2. The lowest BCUT2D eigenvalue weighted by molar-refractivity contribution is -0.109. The van der Waals surface area contributed by atoms with Crippen molar-refractivity contribution in [2.24, 2.45) is 0 Å². The van der Waals surface area contributed by atoms with E-state index in [1.54, 1.807) is 11.0 Å². The predicted molar refractivity (Wildman–Crippen MR) is 127 cm³/mol. The molecule has 0 saturated carbocycles. The van der Waals surface area contributed by atoms with Gasteiger partial charge in [-0.1, -0.05) is 24.3 Å². The monoisotopic (exact) mass is 464 g/mol. The number of aldehydes is 1. The molecule has 2 saturated heterocycles. The highest BCUT2D eigenvalue weighted by molar-refractivity contribution is 5.93. The lowest BCUT2D eigenvalue weighted by atomic mass is 9.98. The van der Waals surface area contributed by atoms with Crippen molar-refractivity contribution in [3.63, 3.8) is 0 Å². The highest BCUT2D eigenvalue weighted by Crippen LogP contribution is 2.26. The number of aromatic nitrogens is 2. The van der Waals surface area contributed by atoms with Crippen molar-refractivity contribution >= 4 is 18.0 Å². The van der Waals surface area contributed by atoms with E-state index in [-0.39, 0.29) is 18.0 Å². The number of piperidine rings is 1. The zero-order valence-electron chi connectivity index (χ0n) is 19.3. The molecule has 180 valence electrons. The van der Waals surface area contributed by atoms with E-state index in [0.29, 0.717) is 31.1 Å². The standard InChI is InChI=1S/C25H32N6O3/c32-12-11-29-8-6-20(7-9-29)28-24-13-21(26-17-27-24)25(34)31-15-22(23(33)16-31)30-10-5-18-3-1-2-4-19(18)14-30/h1-4,12-13,17,20,22-23,33H,5-11,14-16H2,(H,26,27,28). The quantitative estimate of drug-likeness (QED) is 0.606. The fourth-order valence-corrected chi connectivity index (χ4v) is 5.38. The van der Waals surface area contributed by atoms with Gasteiger partial charge in [0.2, 0.25) is 0 Å². The highest BCUT2D eigenvalue weighted by atomic mass is 16.3. The SMILES string of the molecule is O=CCN1CCC(Nc2cc(C(=O)N3CC(O)C(N4CCc5ccccc5C4)C3)ncn2)CC1. The minimum absolute atomic E-state index is 0.0757. The topological polar surface area (TPSA) is 102 Å². The van der Waals surface area contributed by atoms with E-state index in [4.69, 9.17) is 0 Å². The largest absolute Gasteiger partial charge is 0.390 e. The van der Waals surface area contributed by atoms with Gasteiger partial charge in [-0.05, 0) is 30.4 Å². The lowest BCUT2D eigenvalue weighted by Crippen LogP contribution is -2.45. The van der Waals surface area contributed by atoms with Crippen LogP contribution >= 0.6 is 0 Å². The number of nitrogens with zero attached hydrogens (tertiary/aromatic N) is 5. The summed E-state index contributed by atoms with van der Waals surface area (Å²) in [5.41, 5.74) is 3.01. The second-order valence-electron chi connectivity index (χ2n) is 9.51. The van der Waals surface area contributed by atoms with Crippen molar-refractivity contribution in [2.45, 2.75) is 44.0 Å². The molecule has 1 amide bonds. The first-order valence-corrected chi connectivity index (χ1v) is 12.1. The van der Waals surface area contributed by atoms with Gasteiger partial charge in [-0.2, -0.15) is 0 Å². The van der Waals surface area contributed by atoms with Gasteiger partial charge in [-0.25, -0.2) is 9.97 Å². The number of carbonyl (C=O) groups is 2. The number of likely N-dealkylation sites (tertiary alicyclic amines) is 2. The van der Waals surface area contributed by atoms with Gasteiger partial charge in [0.25, 0.3) is 5.91 Å². The maximum absolute atomic E-state index is 13.2. The Morgan fingerprint density at radius 1 is 1.12 bits per heavy atom.